The molecule has 1 unspecified atom stereocenters. The molecule has 0 aromatic carbocycles. The van der Waals surface area contributed by atoms with Gasteiger partial charge >= 0.3 is 0 Å². The minimum atomic E-state index is -0.853. The summed E-state index contributed by atoms with van der Waals surface area (Å²) in [6, 6.07) is 4.15. The Kier molecular flexibility index (Phi) is 6.55. The first-order valence-electron chi connectivity index (χ1n) is 6.98. The van der Waals surface area contributed by atoms with E-state index < -0.39 is 5.54 Å². The molecular formula is C15H22ClN3OS2. The van der Waals surface area contributed by atoms with Gasteiger partial charge in [-0.1, -0.05) is 13.3 Å². The molecule has 0 radical (unpaired) electrons. The molecule has 0 aliphatic rings. The van der Waals surface area contributed by atoms with E-state index in [-0.39, 0.29) is 18.3 Å². The van der Waals surface area contributed by atoms with Crippen LogP contribution in [0.1, 0.15) is 36.4 Å². The minimum absolute atomic E-state index is 0. The molecule has 0 saturated heterocycles. The molecule has 7 heteroatoms. The van der Waals surface area contributed by atoms with Crippen LogP contribution in [0.2, 0.25) is 0 Å². The number of carbonyl (C=O) groups is 1. The highest BCUT2D eigenvalue weighted by molar-refractivity contribution is 7.18. The first-order valence-corrected chi connectivity index (χ1v) is 8.61. The van der Waals surface area contributed by atoms with Crippen molar-refractivity contribution in [2.24, 2.45) is 5.73 Å². The van der Waals surface area contributed by atoms with Gasteiger partial charge in [-0.05, 0) is 39.3 Å². The Bertz CT molecular complexity index is 649. The summed E-state index contributed by atoms with van der Waals surface area (Å²) in [5.41, 5.74) is 6.14. The zero-order valence-electron chi connectivity index (χ0n) is 13.2. The van der Waals surface area contributed by atoms with E-state index in [0.29, 0.717) is 11.6 Å². The second-order valence-corrected chi connectivity index (χ2v) is 7.95. The van der Waals surface area contributed by atoms with Crippen LogP contribution in [-0.4, -0.2) is 16.4 Å². The molecule has 2 rings (SSSR count). The van der Waals surface area contributed by atoms with Crippen LogP contribution < -0.4 is 11.1 Å². The summed E-state index contributed by atoms with van der Waals surface area (Å²) in [6.45, 7) is 7.87. The van der Waals surface area contributed by atoms with Crippen molar-refractivity contribution >= 4 is 46.1 Å². The van der Waals surface area contributed by atoms with Crippen LogP contribution in [-0.2, 0) is 4.79 Å². The first-order chi connectivity index (χ1) is 9.83. The summed E-state index contributed by atoms with van der Waals surface area (Å²) in [5.74, 6) is -0.174. The second-order valence-electron chi connectivity index (χ2n) is 5.46. The molecule has 0 saturated carbocycles. The highest BCUT2D eigenvalue weighted by Gasteiger charge is 2.28. The lowest BCUT2D eigenvalue weighted by Crippen LogP contribution is -2.48. The Labute approximate surface area is 145 Å². The van der Waals surface area contributed by atoms with Crippen LogP contribution in [0, 0.1) is 13.8 Å². The third kappa shape index (κ3) is 4.29. The molecule has 0 aliphatic carbocycles. The van der Waals surface area contributed by atoms with E-state index >= 15 is 0 Å². The second kappa shape index (κ2) is 7.55. The maximum Gasteiger partial charge on any atom is 0.245 e. The third-order valence-electron chi connectivity index (χ3n) is 3.28. The van der Waals surface area contributed by atoms with E-state index in [0.717, 1.165) is 21.9 Å². The first kappa shape index (κ1) is 19.1. The average Bonchev–Trinajstić information content (AvgIpc) is 2.95. The molecule has 1 amide bonds. The number of hydrogen-bond acceptors (Lipinski definition) is 5. The Morgan fingerprint density at radius 3 is 2.59 bits per heavy atom. The van der Waals surface area contributed by atoms with E-state index in [2.05, 4.69) is 29.4 Å². The van der Waals surface area contributed by atoms with Gasteiger partial charge in [0.05, 0.1) is 16.1 Å². The van der Waals surface area contributed by atoms with Gasteiger partial charge in [0.2, 0.25) is 5.91 Å². The van der Waals surface area contributed by atoms with Crippen molar-refractivity contribution in [3.8, 4) is 10.6 Å². The van der Waals surface area contributed by atoms with Crippen molar-refractivity contribution in [1.29, 1.82) is 0 Å². The number of nitrogens with one attached hydrogen (secondary N) is 1. The molecular weight excluding hydrogens is 338 g/mol. The monoisotopic (exact) mass is 359 g/mol. The fraction of sp³-hybridized carbons (Fsp3) is 0.467. The summed E-state index contributed by atoms with van der Waals surface area (Å²) in [4.78, 5) is 20.2. The number of aryl methyl sites for hydroxylation is 2. The largest absolute Gasteiger partial charge is 0.318 e. The minimum Gasteiger partial charge on any atom is -0.318 e. The number of carbonyl (C=O) groups excluding carboxylic acids is 1. The van der Waals surface area contributed by atoms with Crippen molar-refractivity contribution in [2.75, 3.05) is 5.32 Å². The summed E-state index contributed by atoms with van der Waals surface area (Å²) in [5, 5.41) is 3.47. The number of amides is 1. The molecule has 0 fully saturated rings. The highest BCUT2D eigenvalue weighted by atomic mass is 35.5. The molecule has 22 heavy (non-hydrogen) atoms. The van der Waals surface area contributed by atoms with Crippen molar-refractivity contribution < 1.29 is 4.79 Å². The lowest BCUT2D eigenvalue weighted by atomic mass is 9.97. The number of rotatable bonds is 5. The van der Waals surface area contributed by atoms with E-state index in [1.54, 1.807) is 18.3 Å². The van der Waals surface area contributed by atoms with Crippen LogP contribution in [0.3, 0.4) is 0 Å². The summed E-state index contributed by atoms with van der Waals surface area (Å²) in [6.07, 6.45) is 1.53. The molecule has 0 aliphatic heterocycles. The van der Waals surface area contributed by atoms with Crippen LogP contribution in [0.5, 0.6) is 0 Å². The van der Waals surface area contributed by atoms with E-state index in [1.165, 1.54) is 16.2 Å². The van der Waals surface area contributed by atoms with Crippen molar-refractivity contribution in [3.05, 3.63) is 21.9 Å². The number of halogens is 1. The van der Waals surface area contributed by atoms with Gasteiger partial charge in [-0.2, -0.15) is 0 Å². The number of nitrogens with zero attached hydrogens (tertiary/aromatic N) is 1. The molecule has 2 heterocycles. The summed E-state index contributed by atoms with van der Waals surface area (Å²) < 4.78 is 0. The Morgan fingerprint density at radius 1 is 1.36 bits per heavy atom. The van der Waals surface area contributed by atoms with Crippen LogP contribution in [0.15, 0.2) is 12.1 Å². The fourth-order valence-corrected chi connectivity index (χ4v) is 3.92. The number of aromatic nitrogens is 1. The predicted octanol–water partition coefficient (Wildman–Crippen LogP) is 4.37. The number of anilines is 1. The van der Waals surface area contributed by atoms with Gasteiger partial charge in [-0.3, -0.25) is 4.79 Å². The summed E-state index contributed by atoms with van der Waals surface area (Å²) >= 11 is 3.20. The Balaban J connectivity index is 0.00000242. The van der Waals surface area contributed by atoms with Gasteiger partial charge in [0.25, 0.3) is 0 Å². The van der Waals surface area contributed by atoms with E-state index in [9.17, 15) is 4.79 Å². The molecule has 1 atom stereocenters. The standard InChI is InChI=1S/C15H21N3OS2.ClH/c1-5-8-15(4,16)13(19)18-14-17-12(10(3)21-14)11-7-6-9(2)20-11;/h6-7H,5,8,16H2,1-4H3,(H,17,18,19);1H. The quantitative estimate of drug-likeness (QED) is 0.833. The molecule has 3 N–H and O–H groups in total. The molecule has 2 aromatic rings. The number of thiophene rings is 1. The van der Waals surface area contributed by atoms with Crippen molar-refractivity contribution in [3.63, 3.8) is 0 Å². The average molecular weight is 360 g/mol. The maximum absolute atomic E-state index is 12.2. The van der Waals surface area contributed by atoms with Crippen molar-refractivity contribution in [1.82, 2.24) is 4.98 Å². The lowest BCUT2D eigenvalue weighted by molar-refractivity contribution is -0.120. The smallest absolute Gasteiger partial charge is 0.245 e. The predicted molar refractivity (Wildman–Crippen MR) is 98.3 cm³/mol. The molecule has 0 bridgehead atoms. The van der Waals surface area contributed by atoms with Gasteiger partial charge in [0, 0.05) is 9.75 Å². The van der Waals surface area contributed by atoms with Gasteiger partial charge in [-0.25, -0.2) is 4.98 Å². The van der Waals surface area contributed by atoms with Gasteiger partial charge in [-0.15, -0.1) is 35.1 Å². The normalized spacial score (nSPS) is 13.3. The summed E-state index contributed by atoms with van der Waals surface area (Å²) in [7, 11) is 0. The number of hydrogen-bond donors (Lipinski definition) is 2. The van der Waals surface area contributed by atoms with Gasteiger partial charge in [0.1, 0.15) is 0 Å². The highest BCUT2D eigenvalue weighted by Crippen LogP contribution is 2.34. The van der Waals surface area contributed by atoms with Gasteiger partial charge in [0.15, 0.2) is 5.13 Å². The van der Waals surface area contributed by atoms with Gasteiger partial charge < -0.3 is 11.1 Å². The lowest BCUT2D eigenvalue weighted by Gasteiger charge is -2.21. The zero-order valence-corrected chi connectivity index (χ0v) is 15.7. The van der Waals surface area contributed by atoms with E-state index in [1.807, 2.05) is 13.8 Å². The molecule has 122 valence electrons. The number of thiazole rings is 1. The van der Waals surface area contributed by atoms with Crippen LogP contribution in [0.25, 0.3) is 10.6 Å². The molecule has 4 nitrogen and oxygen atoms in total. The zero-order chi connectivity index (χ0) is 15.6. The Morgan fingerprint density at radius 2 is 2.05 bits per heavy atom. The Hall–Kier alpha value is -0.950. The SMILES string of the molecule is CCCC(C)(N)C(=O)Nc1nc(-c2ccc(C)s2)c(C)s1.Cl. The van der Waals surface area contributed by atoms with Crippen LogP contribution >= 0.6 is 35.1 Å². The topological polar surface area (TPSA) is 68.0 Å². The van der Waals surface area contributed by atoms with Crippen LogP contribution in [0.4, 0.5) is 5.13 Å². The number of nitrogens with two attached hydrogens (primary N) is 1. The molecule has 0 spiro atoms. The third-order valence-corrected chi connectivity index (χ3v) is 5.17. The van der Waals surface area contributed by atoms with Crippen molar-refractivity contribution in [2.45, 2.75) is 46.1 Å². The molecule has 2 aromatic heterocycles. The maximum atomic E-state index is 12.2. The fourth-order valence-electron chi connectivity index (χ4n) is 2.11. The van der Waals surface area contributed by atoms with E-state index in [4.69, 9.17) is 5.73 Å².